The molecule has 0 unspecified atom stereocenters. The van der Waals surface area contributed by atoms with Crippen molar-refractivity contribution < 1.29 is 14.3 Å². The number of benzene rings is 2. The van der Waals surface area contributed by atoms with E-state index in [2.05, 4.69) is 26.1 Å². The number of likely N-dealkylation sites (tertiary alicyclic amines) is 1. The number of hydrogen-bond donors (Lipinski definition) is 1. The average Bonchev–Trinajstić information content (AvgIpc) is 2.80. The molecule has 2 fully saturated rings. The van der Waals surface area contributed by atoms with E-state index in [4.69, 9.17) is 4.74 Å². The van der Waals surface area contributed by atoms with E-state index in [-0.39, 0.29) is 11.8 Å². The maximum atomic E-state index is 13.2. The van der Waals surface area contributed by atoms with Crippen LogP contribution in [0.5, 0.6) is 0 Å². The largest absolute Gasteiger partial charge is 0.379 e. The summed E-state index contributed by atoms with van der Waals surface area (Å²) in [6.45, 7) is 6.23. The lowest BCUT2D eigenvalue weighted by molar-refractivity contribution is 0.0243. The van der Waals surface area contributed by atoms with Gasteiger partial charge in [-0.05, 0) is 59.0 Å². The molecule has 0 bridgehead atoms. The molecule has 7 heteroatoms. The molecule has 2 saturated heterocycles. The highest BCUT2D eigenvalue weighted by Gasteiger charge is 2.27. The number of nitrogens with zero attached hydrogens (tertiary/aromatic N) is 2. The Kier molecular flexibility index (Phi) is 7.37. The second-order valence-electron chi connectivity index (χ2n) is 8.13. The number of morpholine rings is 1. The molecular weight excluding hydrogens is 458 g/mol. The number of ether oxygens (including phenoxy) is 1. The summed E-state index contributed by atoms with van der Waals surface area (Å²) in [6.07, 6.45) is 2.02. The Balaban J connectivity index is 1.38. The van der Waals surface area contributed by atoms with Gasteiger partial charge in [-0.2, -0.15) is 0 Å². The molecule has 0 saturated carbocycles. The number of carbonyl (C=O) groups is 2. The van der Waals surface area contributed by atoms with Gasteiger partial charge in [0.2, 0.25) is 0 Å². The number of rotatable bonds is 5. The summed E-state index contributed by atoms with van der Waals surface area (Å²) in [5.74, 6) is 0.359. The van der Waals surface area contributed by atoms with Crippen molar-refractivity contribution in [2.24, 2.45) is 5.92 Å². The number of hydrogen-bond acceptors (Lipinski definition) is 4. The van der Waals surface area contributed by atoms with Crippen LogP contribution in [0.25, 0.3) is 0 Å². The number of amides is 2. The van der Waals surface area contributed by atoms with Crippen molar-refractivity contribution in [2.75, 3.05) is 51.3 Å². The van der Waals surface area contributed by atoms with E-state index in [1.165, 1.54) is 0 Å². The predicted octanol–water partition coefficient (Wildman–Crippen LogP) is 3.89. The third-order valence-corrected chi connectivity index (χ3v) is 6.74. The van der Waals surface area contributed by atoms with Gasteiger partial charge in [0.1, 0.15) is 0 Å². The molecular formula is C24H28BrN3O3. The Labute approximate surface area is 191 Å². The van der Waals surface area contributed by atoms with Crippen molar-refractivity contribution in [1.82, 2.24) is 9.80 Å². The van der Waals surface area contributed by atoms with Crippen LogP contribution in [-0.4, -0.2) is 67.6 Å². The number of para-hydroxylation sites is 1. The Morgan fingerprint density at radius 2 is 1.58 bits per heavy atom. The zero-order chi connectivity index (χ0) is 21.6. The monoisotopic (exact) mass is 485 g/mol. The minimum atomic E-state index is -0.239. The Morgan fingerprint density at radius 3 is 2.29 bits per heavy atom. The molecule has 2 heterocycles. The maximum absolute atomic E-state index is 13.2. The molecule has 31 heavy (non-hydrogen) atoms. The zero-order valence-corrected chi connectivity index (χ0v) is 19.1. The van der Waals surface area contributed by atoms with E-state index in [0.29, 0.717) is 22.7 Å². The van der Waals surface area contributed by atoms with E-state index >= 15 is 0 Å². The SMILES string of the molecule is O=C(Nc1ccccc1C(=O)N1CCC(CN2CCOCC2)CC1)c1ccccc1Br. The maximum Gasteiger partial charge on any atom is 0.256 e. The number of nitrogens with one attached hydrogen (secondary N) is 1. The average molecular weight is 486 g/mol. The van der Waals surface area contributed by atoms with Crippen molar-refractivity contribution in [1.29, 1.82) is 0 Å². The number of halogens is 1. The third-order valence-electron chi connectivity index (χ3n) is 6.05. The fourth-order valence-electron chi connectivity index (χ4n) is 4.25. The van der Waals surface area contributed by atoms with Gasteiger partial charge in [-0.1, -0.05) is 24.3 Å². The fraction of sp³-hybridized carbons (Fsp3) is 0.417. The third kappa shape index (κ3) is 5.53. The molecule has 0 aromatic heterocycles. The smallest absolute Gasteiger partial charge is 0.256 e. The number of piperidine rings is 1. The minimum Gasteiger partial charge on any atom is -0.379 e. The van der Waals surface area contributed by atoms with Crippen molar-refractivity contribution in [2.45, 2.75) is 12.8 Å². The van der Waals surface area contributed by atoms with Crippen molar-refractivity contribution >= 4 is 33.4 Å². The first-order valence-electron chi connectivity index (χ1n) is 10.9. The van der Waals surface area contributed by atoms with Gasteiger partial charge >= 0.3 is 0 Å². The molecule has 0 aliphatic carbocycles. The molecule has 2 aliphatic heterocycles. The summed E-state index contributed by atoms with van der Waals surface area (Å²) in [7, 11) is 0. The molecule has 0 radical (unpaired) electrons. The predicted molar refractivity (Wildman–Crippen MR) is 124 cm³/mol. The highest BCUT2D eigenvalue weighted by atomic mass is 79.9. The van der Waals surface area contributed by atoms with Gasteiger partial charge in [-0.25, -0.2) is 0 Å². The first-order valence-corrected chi connectivity index (χ1v) is 11.7. The van der Waals surface area contributed by atoms with Crippen molar-refractivity contribution in [3.8, 4) is 0 Å². The molecule has 6 nitrogen and oxygen atoms in total. The van der Waals surface area contributed by atoms with Crippen LogP contribution in [0.1, 0.15) is 33.6 Å². The second kappa shape index (κ2) is 10.4. The van der Waals surface area contributed by atoms with Gasteiger partial charge in [0.25, 0.3) is 11.8 Å². The molecule has 2 aromatic carbocycles. The first kappa shape index (κ1) is 22.0. The van der Waals surface area contributed by atoms with Crippen LogP contribution in [0.2, 0.25) is 0 Å². The Bertz CT molecular complexity index is 922. The van der Waals surface area contributed by atoms with E-state index in [0.717, 1.165) is 63.3 Å². The summed E-state index contributed by atoms with van der Waals surface area (Å²) in [5, 5.41) is 2.92. The van der Waals surface area contributed by atoms with Gasteiger partial charge in [-0.3, -0.25) is 14.5 Å². The van der Waals surface area contributed by atoms with Crippen LogP contribution in [0.15, 0.2) is 53.0 Å². The molecule has 2 aliphatic rings. The topological polar surface area (TPSA) is 61.9 Å². The standard InChI is InChI=1S/C24H28BrN3O3/c25-21-7-3-1-5-19(21)23(29)26-22-8-4-2-6-20(22)24(30)28-11-9-18(10-12-28)17-27-13-15-31-16-14-27/h1-8,18H,9-17H2,(H,26,29). The van der Waals surface area contributed by atoms with Crippen LogP contribution < -0.4 is 5.32 Å². The number of carbonyl (C=O) groups excluding carboxylic acids is 2. The van der Waals surface area contributed by atoms with Gasteiger partial charge in [0.05, 0.1) is 30.0 Å². The molecule has 2 amide bonds. The van der Waals surface area contributed by atoms with Crippen LogP contribution in [0, 0.1) is 5.92 Å². The lowest BCUT2D eigenvalue weighted by Crippen LogP contribution is -2.44. The molecule has 2 aromatic rings. The number of anilines is 1. The Morgan fingerprint density at radius 1 is 0.935 bits per heavy atom. The highest BCUT2D eigenvalue weighted by molar-refractivity contribution is 9.10. The van der Waals surface area contributed by atoms with Gasteiger partial charge in [-0.15, -0.1) is 0 Å². The van der Waals surface area contributed by atoms with Crippen LogP contribution >= 0.6 is 15.9 Å². The van der Waals surface area contributed by atoms with E-state index in [1.807, 2.05) is 35.2 Å². The summed E-state index contributed by atoms with van der Waals surface area (Å²) in [5.41, 5.74) is 1.62. The van der Waals surface area contributed by atoms with Crippen LogP contribution in [-0.2, 0) is 4.74 Å². The lowest BCUT2D eigenvalue weighted by atomic mass is 9.95. The van der Waals surface area contributed by atoms with E-state index in [1.54, 1.807) is 18.2 Å². The summed E-state index contributed by atoms with van der Waals surface area (Å²) in [6, 6.07) is 14.5. The lowest BCUT2D eigenvalue weighted by Gasteiger charge is -2.36. The molecule has 4 rings (SSSR count). The summed E-state index contributed by atoms with van der Waals surface area (Å²) in [4.78, 5) is 30.4. The molecule has 0 atom stereocenters. The van der Waals surface area contributed by atoms with E-state index in [9.17, 15) is 9.59 Å². The fourth-order valence-corrected chi connectivity index (χ4v) is 4.72. The molecule has 0 spiro atoms. The highest BCUT2D eigenvalue weighted by Crippen LogP contribution is 2.25. The van der Waals surface area contributed by atoms with Crippen LogP contribution in [0.3, 0.4) is 0 Å². The minimum absolute atomic E-state index is 0.0205. The summed E-state index contributed by atoms with van der Waals surface area (Å²) < 4.78 is 6.15. The van der Waals surface area contributed by atoms with Crippen molar-refractivity contribution in [3.05, 3.63) is 64.1 Å². The van der Waals surface area contributed by atoms with Crippen LogP contribution in [0.4, 0.5) is 5.69 Å². The normalized spacial score (nSPS) is 18.0. The zero-order valence-electron chi connectivity index (χ0n) is 17.6. The quantitative estimate of drug-likeness (QED) is 0.697. The second-order valence-corrected chi connectivity index (χ2v) is 8.98. The molecule has 1 N–H and O–H groups in total. The van der Waals surface area contributed by atoms with Gasteiger partial charge < -0.3 is 15.0 Å². The van der Waals surface area contributed by atoms with Gasteiger partial charge in [0, 0.05) is 37.2 Å². The van der Waals surface area contributed by atoms with Gasteiger partial charge in [0.15, 0.2) is 0 Å². The van der Waals surface area contributed by atoms with Crippen molar-refractivity contribution in [3.63, 3.8) is 0 Å². The molecule has 164 valence electrons. The Hall–Kier alpha value is -2.22. The first-order chi connectivity index (χ1) is 15.1. The van der Waals surface area contributed by atoms with E-state index < -0.39 is 0 Å². The summed E-state index contributed by atoms with van der Waals surface area (Å²) >= 11 is 3.41.